The average molecular weight is 557 g/mol. The Labute approximate surface area is 238 Å². The summed E-state index contributed by atoms with van der Waals surface area (Å²) in [6, 6.07) is 13.8. The fourth-order valence-corrected chi connectivity index (χ4v) is 5.32. The number of hydrogen-bond donors (Lipinski definition) is 1. The van der Waals surface area contributed by atoms with Gasteiger partial charge >= 0.3 is 11.8 Å². The van der Waals surface area contributed by atoms with Gasteiger partial charge in [0, 0.05) is 26.2 Å². The van der Waals surface area contributed by atoms with Crippen molar-refractivity contribution in [2.24, 2.45) is 7.05 Å². The van der Waals surface area contributed by atoms with Gasteiger partial charge < -0.3 is 15.0 Å². The maximum atomic E-state index is 13.9. The van der Waals surface area contributed by atoms with E-state index in [1.807, 2.05) is 68.1 Å². The number of aromatic nitrogens is 4. The van der Waals surface area contributed by atoms with Crippen LogP contribution < -0.4 is 21.5 Å². The lowest BCUT2D eigenvalue weighted by atomic mass is 10.1. The maximum Gasteiger partial charge on any atom is 0.407 e. The second-order valence-corrected chi connectivity index (χ2v) is 11.4. The van der Waals surface area contributed by atoms with Crippen LogP contribution in [0, 0.1) is 11.8 Å². The van der Waals surface area contributed by atoms with Crippen LogP contribution >= 0.6 is 0 Å². The number of aryl methyl sites for hydroxylation is 1. The number of anilines is 1. The van der Waals surface area contributed by atoms with E-state index in [2.05, 4.69) is 17.2 Å². The predicted octanol–water partition coefficient (Wildman–Crippen LogP) is 3.62. The molecule has 41 heavy (non-hydrogen) atoms. The van der Waals surface area contributed by atoms with Crippen molar-refractivity contribution in [3.63, 3.8) is 0 Å². The molecule has 1 atom stereocenters. The standard InChI is InChI=1S/C31H36N6O4/c1-6-7-17-36-25-26(33-28(36)35-16-10-13-24(20-35)32-29(39)41-31(2,3)4)34(5)30(40)37(27(25)38)19-21-14-15-22-11-8-9-12-23(22)18-21/h8-9,11-12,14-15,18,24H,10,13,16-17,19-20H2,1-5H3,(H,32,39). The molecule has 1 aliphatic heterocycles. The highest BCUT2D eigenvalue weighted by Crippen LogP contribution is 2.24. The highest BCUT2D eigenvalue weighted by Gasteiger charge is 2.29. The molecule has 1 aliphatic rings. The van der Waals surface area contributed by atoms with Crippen molar-refractivity contribution in [3.8, 4) is 11.8 Å². The summed E-state index contributed by atoms with van der Waals surface area (Å²) in [5.41, 5.74) is 0.0552. The van der Waals surface area contributed by atoms with Gasteiger partial charge in [-0.1, -0.05) is 42.3 Å². The lowest BCUT2D eigenvalue weighted by Gasteiger charge is -2.34. The molecular formula is C31H36N6O4. The highest BCUT2D eigenvalue weighted by molar-refractivity contribution is 5.83. The van der Waals surface area contributed by atoms with E-state index in [0.717, 1.165) is 29.2 Å². The number of imidazole rings is 1. The van der Waals surface area contributed by atoms with E-state index < -0.39 is 22.9 Å². The number of amides is 1. The number of nitrogens with zero attached hydrogens (tertiary/aromatic N) is 5. The molecule has 3 heterocycles. The van der Waals surface area contributed by atoms with Gasteiger partial charge in [0.1, 0.15) is 5.60 Å². The van der Waals surface area contributed by atoms with E-state index >= 15 is 0 Å². The molecule has 1 amide bonds. The first-order valence-corrected chi connectivity index (χ1v) is 13.9. The summed E-state index contributed by atoms with van der Waals surface area (Å²) in [4.78, 5) is 46.7. The first-order chi connectivity index (χ1) is 19.6. The zero-order valence-corrected chi connectivity index (χ0v) is 24.2. The SMILES string of the molecule is CC#CCn1c(N2CCCC(NC(=O)OC(C)(C)C)C2)nc2c1c(=O)n(Cc1ccc3ccccc3c1)c(=O)n2C. The number of nitrogens with one attached hydrogen (secondary N) is 1. The molecule has 1 unspecified atom stereocenters. The number of ether oxygens (including phenoxy) is 1. The Balaban J connectivity index is 1.54. The van der Waals surface area contributed by atoms with E-state index in [1.54, 1.807) is 18.5 Å². The van der Waals surface area contributed by atoms with Gasteiger partial charge in [-0.2, -0.15) is 4.98 Å². The molecular weight excluding hydrogens is 520 g/mol. The van der Waals surface area contributed by atoms with Gasteiger partial charge in [-0.3, -0.25) is 18.5 Å². The Hall–Kier alpha value is -4.52. The molecule has 0 bridgehead atoms. The first-order valence-electron chi connectivity index (χ1n) is 13.9. The minimum Gasteiger partial charge on any atom is -0.444 e. The number of carbonyl (C=O) groups excluding carboxylic acids is 1. The summed E-state index contributed by atoms with van der Waals surface area (Å²) in [6.45, 7) is 8.78. The third-order valence-corrected chi connectivity index (χ3v) is 7.21. The molecule has 10 nitrogen and oxygen atoms in total. The monoisotopic (exact) mass is 556 g/mol. The summed E-state index contributed by atoms with van der Waals surface area (Å²) in [7, 11) is 1.64. The van der Waals surface area contributed by atoms with Crippen LogP contribution in [0.1, 0.15) is 46.1 Å². The average Bonchev–Trinajstić information content (AvgIpc) is 3.32. The Bertz CT molecular complexity index is 1800. The van der Waals surface area contributed by atoms with E-state index in [0.29, 0.717) is 30.2 Å². The molecule has 0 spiro atoms. The third kappa shape index (κ3) is 5.85. The fraction of sp³-hybridized carbons (Fsp3) is 0.419. The quantitative estimate of drug-likeness (QED) is 0.377. The molecule has 214 valence electrons. The topological polar surface area (TPSA) is 103 Å². The van der Waals surface area contributed by atoms with Gasteiger partial charge in [0.2, 0.25) is 5.95 Å². The molecule has 2 aromatic heterocycles. The van der Waals surface area contributed by atoms with Gasteiger partial charge in [0.25, 0.3) is 5.56 Å². The van der Waals surface area contributed by atoms with E-state index in [-0.39, 0.29) is 19.1 Å². The van der Waals surface area contributed by atoms with Gasteiger partial charge in [-0.25, -0.2) is 9.59 Å². The minimum atomic E-state index is -0.594. The summed E-state index contributed by atoms with van der Waals surface area (Å²) < 4.78 is 9.93. The van der Waals surface area contributed by atoms with Crippen LogP contribution in [0.5, 0.6) is 0 Å². The number of benzene rings is 2. The molecule has 5 rings (SSSR count). The third-order valence-electron chi connectivity index (χ3n) is 7.21. The second kappa shape index (κ2) is 11.2. The van der Waals surface area contributed by atoms with E-state index in [4.69, 9.17) is 9.72 Å². The van der Waals surface area contributed by atoms with E-state index in [1.165, 1.54) is 9.13 Å². The molecule has 1 N–H and O–H groups in total. The highest BCUT2D eigenvalue weighted by atomic mass is 16.6. The Kier molecular flexibility index (Phi) is 7.63. The van der Waals surface area contributed by atoms with Crippen molar-refractivity contribution < 1.29 is 9.53 Å². The molecule has 10 heteroatoms. The number of piperidine rings is 1. The van der Waals surface area contributed by atoms with Crippen LogP contribution in [0.3, 0.4) is 0 Å². The van der Waals surface area contributed by atoms with Gasteiger partial charge in [-0.05, 0) is 62.9 Å². The van der Waals surface area contributed by atoms with E-state index in [9.17, 15) is 14.4 Å². The van der Waals surface area contributed by atoms with Crippen LogP contribution in [0.2, 0.25) is 0 Å². The Morgan fingerprint density at radius 2 is 1.88 bits per heavy atom. The first kappa shape index (κ1) is 28.0. The minimum absolute atomic E-state index is 0.137. The lowest BCUT2D eigenvalue weighted by molar-refractivity contribution is 0.0499. The van der Waals surface area contributed by atoms with Crippen molar-refractivity contribution in [1.82, 2.24) is 24.0 Å². The lowest BCUT2D eigenvalue weighted by Crippen LogP contribution is -2.49. The molecule has 4 aromatic rings. The number of fused-ring (bicyclic) bond motifs is 2. The Morgan fingerprint density at radius 3 is 2.61 bits per heavy atom. The number of hydrogen-bond acceptors (Lipinski definition) is 6. The zero-order valence-electron chi connectivity index (χ0n) is 24.2. The van der Waals surface area contributed by atoms with Crippen molar-refractivity contribution in [2.75, 3.05) is 18.0 Å². The molecule has 0 aliphatic carbocycles. The smallest absolute Gasteiger partial charge is 0.407 e. The van der Waals surface area contributed by atoms with Gasteiger partial charge in [-0.15, -0.1) is 5.92 Å². The predicted molar refractivity (Wildman–Crippen MR) is 160 cm³/mol. The molecule has 0 radical (unpaired) electrons. The molecule has 1 fully saturated rings. The van der Waals surface area contributed by atoms with Crippen LogP contribution in [0.4, 0.5) is 10.7 Å². The molecule has 0 saturated carbocycles. The molecule has 1 saturated heterocycles. The summed E-state index contributed by atoms with van der Waals surface area (Å²) in [6.07, 6.45) is 1.14. The van der Waals surface area contributed by atoms with Crippen LogP contribution in [-0.2, 0) is 24.9 Å². The van der Waals surface area contributed by atoms with Crippen molar-refractivity contribution >= 4 is 34.0 Å². The molecule has 2 aromatic carbocycles. The maximum absolute atomic E-state index is 13.9. The van der Waals surface area contributed by atoms with Crippen molar-refractivity contribution in [3.05, 3.63) is 68.9 Å². The zero-order chi connectivity index (χ0) is 29.3. The summed E-state index contributed by atoms with van der Waals surface area (Å²) >= 11 is 0. The Morgan fingerprint density at radius 1 is 1.12 bits per heavy atom. The number of alkyl carbamates (subject to hydrolysis) is 1. The van der Waals surface area contributed by atoms with Gasteiger partial charge in [0.15, 0.2) is 11.2 Å². The normalized spacial score (nSPS) is 15.5. The van der Waals surface area contributed by atoms with Crippen LogP contribution in [0.25, 0.3) is 21.9 Å². The van der Waals surface area contributed by atoms with Crippen molar-refractivity contribution in [2.45, 2.75) is 65.3 Å². The van der Waals surface area contributed by atoms with Crippen molar-refractivity contribution in [1.29, 1.82) is 0 Å². The van der Waals surface area contributed by atoms with Crippen LogP contribution in [0.15, 0.2) is 52.1 Å². The fourth-order valence-electron chi connectivity index (χ4n) is 5.32. The number of carbonyl (C=O) groups is 1. The summed E-state index contributed by atoms with van der Waals surface area (Å²) in [5, 5.41) is 5.10. The number of rotatable bonds is 5. The second-order valence-electron chi connectivity index (χ2n) is 11.4. The summed E-state index contributed by atoms with van der Waals surface area (Å²) in [5.74, 6) is 6.52. The van der Waals surface area contributed by atoms with Gasteiger partial charge in [0.05, 0.1) is 13.1 Å². The largest absolute Gasteiger partial charge is 0.444 e. The van der Waals surface area contributed by atoms with Crippen LogP contribution in [-0.4, -0.2) is 49.5 Å².